The fourth-order valence-electron chi connectivity index (χ4n) is 6.16. The molecule has 0 saturated heterocycles. The lowest BCUT2D eigenvalue weighted by atomic mass is 9.42. The molecule has 2 N–H and O–H groups in total. The van der Waals surface area contributed by atoms with Crippen molar-refractivity contribution in [3.63, 3.8) is 0 Å². The van der Waals surface area contributed by atoms with Crippen molar-refractivity contribution in [3.05, 3.63) is 12.7 Å². The molecule has 3 heteroatoms. The molecule has 0 aliphatic heterocycles. The number of carbonyl (C=O) groups is 1. The first kappa shape index (κ1) is 17.2. The van der Waals surface area contributed by atoms with Gasteiger partial charge in [-0.2, -0.15) is 0 Å². The summed E-state index contributed by atoms with van der Waals surface area (Å²) < 4.78 is 0. The van der Waals surface area contributed by atoms with Crippen molar-refractivity contribution < 1.29 is 15.0 Å². The van der Waals surface area contributed by atoms with Gasteiger partial charge in [0.2, 0.25) is 0 Å². The normalized spacial score (nSPS) is 53.3. The van der Waals surface area contributed by atoms with Crippen LogP contribution in [-0.2, 0) is 4.79 Å². The third-order valence-electron chi connectivity index (χ3n) is 8.01. The quantitative estimate of drug-likeness (QED) is 0.767. The molecule has 0 aromatic heterocycles. The number of allylic oxidation sites excluding steroid dienone is 1. The monoisotopic (exact) mass is 320 g/mol. The van der Waals surface area contributed by atoms with Crippen LogP contribution in [0.4, 0.5) is 0 Å². The van der Waals surface area contributed by atoms with E-state index in [0.717, 1.165) is 32.1 Å². The summed E-state index contributed by atoms with van der Waals surface area (Å²) in [7, 11) is 0. The van der Waals surface area contributed by atoms with E-state index in [0.29, 0.717) is 18.1 Å². The van der Waals surface area contributed by atoms with Gasteiger partial charge in [-0.15, -0.1) is 6.58 Å². The third kappa shape index (κ3) is 2.34. The number of aliphatic hydroxyl groups excluding tert-OH is 2. The Hall–Kier alpha value is -0.670. The van der Waals surface area contributed by atoms with Crippen LogP contribution in [-0.4, -0.2) is 28.7 Å². The number of aliphatic hydroxyl groups is 2. The van der Waals surface area contributed by atoms with Gasteiger partial charge in [-0.1, -0.05) is 26.8 Å². The largest absolute Gasteiger partial charge is 0.396 e. The molecule has 0 aromatic rings. The summed E-state index contributed by atoms with van der Waals surface area (Å²) in [6.45, 7) is 10.5. The summed E-state index contributed by atoms with van der Waals surface area (Å²) in [4.78, 5) is 12.9. The van der Waals surface area contributed by atoms with Crippen LogP contribution in [0.25, 0.3) is 0 Å². The summed E-state index contributed by atoms with van der Waals surface area (Å²) in [6.07, 6.45) is 6.81. The number of carbonyl (C=O) groups excluding carboxylic acids is 1. The number of fused-ring (bicyclic) bond motifs is 3. The summed E-state index contributed by atoms with van der Waals surface area (Å²) in [5.74, 6) is 0.955. The van der Waals surface area contributed by atoms with Crippen molar-refractivity contribution >= 4 is 5.78 Å². The number of Topliss-reactive ketones (excluding diaryl/α,β-unsaturated/α-hetero) is 1. The Morgan fingerprint density at radius 1 is 1.26 bits per heavy atom. The first-order valence-corrected chi connectivity index (χ1v) is 9.15. The zero-order valence-corrected chi connectivity index (χ0v) is 14.8. The lowest BCUT2D eigenvalue weighted by Gasteiger charge is -2.62. The maximum atomic E-state index is 12.9. The van der Waals surface area contributed by atoms with Gasteiger partial charge >= 0.3 is 0 Å². The molecule has 3 saturated carbocycles. The Bertz CT molecular complexity index is 515. The van der Waals surface area contributed by atoms with Gasteiger partial charge in [-0.05, 0) is 54.8 Å². The second-order valence-electron chi connectivity index (χ2n) is 9.26. The number of hydrogen-bond acceptors (Lipinski definition) is 3. The highest BCUT2D eigenvalue weighted by molar-refractivity contribution is 5.83. The first-order valence-electron chi connectivity index (χ1n) is 9.15. The van der Waals surface area contributed by atoms with Crippen LogP contribution in [0.1, 0.15) is 59.3 Å². The molecule has 3 nitrogen and oxygen atoms in total. The highest BCUT2D eigenvalue weighted by Gasteiger charge is 2.62. The van der Waals surface area contributed by atoms with Crippen molar-refractivity contribution in [2.45, 2.75) is 65.4 Å². The summed E-state index contributed by atoms with van der Waals surface area (Å²) in [5, 5.41) is 20.5. The second kappa shape index (κ2) is 5.42. The smallest absolute Gasteiger partial charge is 0.136 e. The van der Waals surface area contributed by atoms with Gasteiger partial charge in [0.05, 0.1) is 12.7 Å². The fraction of sp³-hybridized carbons (Fsp3) is 0.850. The van der Waals surface area contributed by atoms with E-state index in [9.17, 15) is 15.0 Å². The Morgan fingerprint density at radius 3 is 2.57 bits per heavy atom. The van der Waals surface area contributed by atoms with E-state index in [-0.39, 0.29) is 29.3 Å². The molecule has 3 fully saturated rings. The van der Waals surface area contributed by atoms with Crippen LogP contribution in [0.2, 0.25) is 0 Å². The molecule has 0 aromatic carbocycles. The van der Waals surface area contributed by atoms with Crippen molar-refractivity contribution in [2.75, 3.05) is 6.61 Å². The van der Waals surface area contributed by atoms with Gasteiger partial charge in [0.25, 0.3) is 0 Å². The fourth-order valence-corrected chi connectivity index (χ4v) is 6.16. The molecule has 3 aliphatic rings. The molecule has 3 aliphatic carbocycles. The van der Waals surface area contributed by atoms with E-state index in [4.69, 9.17) is 0 Å². The molecule has 0 amide bonds. The van der Waals surface area contributed by atoms with Crippen LogP contribution < -0.4 is 0 Å². The van der Waals surface area contributed by atoms with Gasteiger partial charge in [0.15, 0.2) is 0 Å². The summed E-state index contributed by atoms with van der Waals surface area (Å²) >= 11 is 0. The highest BCUT2D eigenvalue weighted by atomic mass is 16.3. The molecule has 0 bridgehead atoms. The first-order chi connectivity index (χ1) is 10.7. The lowest BCUT2D eigenvalue weighted by Crippen LogP contribution is -2.61. The molecule has 23 heavy (non-hydrogen) atoms. The standard InChI is InChI=1S/C20H32O3/c1-5-18(2)8-6-14-13(11-18)15(22)10-16-19(14,3)9-7-17(23)20(16,4)12-21/h5,13-14,16-17,21,23H,1,6-12H2,2-4H3/t13-,14-,16+,17+,18+,19-,20+/m0/s1. The molecule has 7 atom stereocenters. The van der Waals surface area contributed by atoms with Gasteiger partial charge < -0.3 is 10.2 Å². The van der Waals surface area contributed by atoms with E-state index < -0.39 is 11.5 Å². The molecular formula is C20H32O3. The average molecular weight is 320 g/mol. The summed E-state index contributed by atoms with van der Waals surface area (Å²) in [6, 6.07) is 0. The van der Waals surface area contributed by atoms with E-state index >= 15 is 0 Å². The van der Waals surface area contributed by atoms with Crippen molar-refractivity contribution in [1.82, 2.24) is 0 Å². The zero-order chi connectivity index (χ0) is 17.0. The molecule has 0 radical (unpaired) electrons. The molecule has 3 rings (SSSR count). The van der Waals surface area contributed by atoms with E-state index in [1.807, 2.05) is 13.0 Å². The van der Waals surface area contributed by atoms with E-state index in [1.165, 1.54) is 0 Å². The SMILES string of the molecule is C=C[C@]1(C)CC[C@H]2[C@H](C1)C(=O)C[C@H]1[C@@](C)(CO)[C@H](O)CC[C@]12C. The minimum absolute atomic E-state index is 0.0382. The second-order valence-corrected chi connectivity index (χ2v) is 9.26. The number of hydrogen-bond donors (Lipinski definition) is 2. The number of ketones is 1. The van der Waals surface area contributed by atoms with E-state index in [1.54, 1.807) is 0 Å². The van der Waals surface area contributed by atoms with Gasteiger partial charge in [-0.25, -0.2) is 0 Å². The predicted octanol–water partition coefficient (Wildman–Crippen LogP) is 3.34. The maximum Gasteiger partial charge on any atom is 0.136 e. The third-order valence-corrected chi connectivity index (χ3v) is 8.01. The van der Waals surface area contributed by atoms with Crippen LogP contribution in [0, 0.1) is 34.0 Å². The molecule has 0 unspecified atom stereocenters. The van der Waals surface area contributed by atoms with Gasteiger partial charge in [0.1, 0.15) is 5.78 Å². The molecule has 130 valence electrons. The summed E-state index contributed by atoms with van der Waals surface area (Å²) in [5.41, 5.74) is -0.418. The van der Waals surface area contributed by atoms with Gasteiger partial charge in [0, 0.05) is 17.8 Å². The molecular weight excluding hydrogens is 288 g/mol. The van der Waals surface area contributed by atoms with E-state index in [2.05, 4.69) is 20.4 Å². The van der Waals surface area contributed by atoms with Crippen molar-refractivity contribution in [2.24, 2.45) is 34.0 Å². The Balaban J connectivity index is 1.97. The Labute approximate surface area is 140 Å². The molecule has 0 spiro atoms. The van der Waals surface area contributed by atoms with Crippen molar-refractivity contribution in [1.29, 1.82) is 0 Å². The minimum Gasteiger partial charge on any atom is -0.396 e. The Morgan fingerprint density at radius 2 is 1.96 bits per heavy atom. The minimum atomic E-state index is -0.549. The van der Waals surface area contributed by atoms with Gasteiger partial charge in [-0.3, -0.25) is 4.79 Å². The molecule has 0 heterocycles. The van der Waals surface area contributed by atoms with Crippen LogP contribution in [0.15, 0.2) is 12.7 Å². The van der Waals surface area contributed by atoms with Crippen LogP contribution >= 0.6 is 0 Å². The Kier molecular flexibility index (Phi) is 4.04. The highest BCUT2D eigenvalue weighted by Crippen LogP contribution is 2.64. The van der Waals surface area contributed by atoms with Crippen LogP contribution in [0.3, 0.4) is 0 Å². The van der Waals surface area contributed by atoms with Crippen molar-refractivity contribution in [3.8, 4) is 0 Å². The average Bonchev–Trinajstić information content (AvgIpc) is 2.54. The maximum absolute atomic E-state index is 12.9. The topological polar surface area (TPSA) is 57.5 Å². The zero-order valence-electron chi connectivity index (χ0n) is 14.8. The van der Waals surface area contributed by atoms with Crippen LogP contribution in [0.5, 0.6) is 0 Å². The number of rotatable bonds is 2. The predicted molar refractivity (Wildman–Crippen MR) is 90.8 cm³/mol. The lowest BCUT2D eigenvalue weighted by molar-refractivity contribution is -0.186.